The zero-order valence-corrected chi connectivity index (χ0v) is 21.0. The predicted octanol–water partition coefficient (Wildman–Crippen LogP) is 3.81. The number of fused-ring (bicyclic) bond motifs is 1. The summed E-state index contributed by atoms with van der Waals surface area (Å²) in [6.07, 6.45) is 4.01. The Bertz CT molecular complexity index is 1410. The Morgan fingerprint density at radius 2 is 1.71 bits per heavy atom. The Morgan fingerprint density at radius 1 is 0.943 bits per heavy atom. The first-order chi connectivity index (χ1) is 16.4. The van der Waals surface area contributed by atoms with E-state index in [0.717, 1.165) is 22.0 Å². The molecular weight excluding hydrogens is 486 g/mol. The first kappa shape index (κ1) is 26.4. The highest BCUT2D eigenvalue weighted by Crippen LogP contribution is 2.20. The van der Waals surface area contributed by atoms with Crippen molar-refractivity contribution in [1.29, 1.82) is 0 Å². The van der Waals surface area contributed by atoms with E-state index < -0.39 is 10.0 Å². The van der Waals surface area contributed by atoms with E-state index in [4.69, 9.17) is 4.74 Å². The van der Waals surface area contributed by atoms with E-state index in [-0.39, 0.29) is 36.9 Å². The summed E-state index contributed by atoms with van der Waals surface area (Å²) in [7, 11) is -1.83. The van der Waals surface area contributed by atoms with Crippen LogP contribution < -0.4 is 10.3 Å². The molecule has 0 N–H and O–H groups in total. The number of hydrogen-bond donors (Lipinski definition) is 0. The van der Waals surface area contributed by atoms with Crippen molar-refractivity contribution >= 4 is 33.3 Å². The normalized spacial score (nSPS) is 11.4. The maximum Gasteiger partial charge on any atom is 0.250 e. The summed E-state index contributed by atoms with van der Waals surface area (Å²) in [6.45, 7) is 0.767. The Labute approximate surface area is 211 Å². The lowest BCUT2D eigenvalue weighted by atomic mass is 10.2. The third kappa shape index (κ3) is 6.91. The van der Waals surface area contributed by atoms with Gasteiger partial charge < -0.3 is 9.30 Å². The highest BCUT2D eigenvalue weighted by molar-refractivity contribution is 7.88. The van der Waals surface area contributed by atoms with Gasteiger partial charge in [-0.15, -0.1) is 12.4 Å². The maximum atomic E-state index is 13.2. The lowest BCUT2D eigenvalue weighted by Crippen LogP contribution is -2.37. The molecule has 0 saturated carbocycles. The molecular formula is C26H28ClN3O4S. The highest BCUT2D eigenvalue weighted by atomic mass is 35.5. The Balaban J connectivity index is 0.00000342. The molecule has 4 rings (SSSR count). The van der Waals surface area contributed by atoms with Crippen LogP contribution in [0, 0.1) is 0 Å². The molecule has 4 aromatic rings. The van der Waals surface area contributed by atoms with Crippen LogP contribution in [0.3, 0.4) is 0 Å². The monoisotopic (exact) mass is 513 g/mol. The van der Waals surface area contributed by atoms with Crippen LogP contribution in [-0.2, 0) is 29.2 Å². The van der Waals surface area contributed by atoms with E-state index in [1.807, 2.05) is 54.6 Å². The molecule has 0 amide bonds. The summed E-state index contributed by atoms with van der Waals surface area (Å²) >= 11 is 0. The second-order valence-corrected chi connectivity index (χ2v) is 10.0. The lowest BCUT2D eigenvalue weighted by molar-refractivity contribution is 0.273. The number of halogens is 1. The smallest absolute Gasteiger partial charge is 0.250 e. The molecule has 0 radical (unpaired) electrons. The fourth-order valence-corrected chi connectivity index (χ4v) is 5.30. The summed E-state index contributed by atoms with van der Waals surface area (Å²) in [5, 5.41) is 0.879. The number of aryl methyl sites for hydroxylation is 1. The molecule has 9 heteroatoms. The standard InChI is InChI=1S/C26H27N3O4S.ClH/c1-28-25-11-10-24(18-23(25)9-12-26(28)30)33-17-16-29(15-13-21-8-5-14-27-19-21)34(31,32)20-22-6-3-2-4-7-22;/h2-12,14,18-19H,13,15-17,20H2,1H3;1H. The Kier molecular flexibility index (Phi) is 9.03. The molecule has 0 unspecified atom stereocenters. The van der Waals surface area contributed by atoms with Gasteiger partial charge in [0, 0.05) is 44.0 Å². The molecule has 0 aliphatic rings. The summed E-state index contributed by atoms with van der Waals surface area (Å²) < 4.78 is 35.4. The highest BCUT2D eigenvalue weighted by Gasteiger charge is 2.22. The maximum absolute atomic E-state index is 13.2. The SMILES string of the molecule is Cl.Cn1c(=O)ccc2cc(OCCN(CCc3cccnc3)S(=O)(=O)Cc3ccccc3)ccc21. The minimum atomic E-state index is -3.55. The van der Waals surface area contributed by atoms with Crippen molar-refractivity contribution in [2.75, 3.05) is 19.7 Å². The van der Waals surface area contributed by atoms with E-state index in [1.165, 1.54) is 10.4 Å². The van der Waals surface area contributed by atoms with Crippen LogP contribution in [-0.4, -0.2) is 42.0 Å². The molecule has 0 aliphatic heterocycles. The van der Waals surface area contributed by atoms with Crippen molar-refractivity contribution in [1.82, 2.24) is 13.9 Å². The van der Waals surface area contributed by atoms with Crippen LogP contribution in [0.15, 0.2) is 90.0 Å². The average Bonchev–Trinajstić information content (AvgIpc) is 2.84. The Hall–Kier alpha value is -3.20. The van der Waals surface area contributed by atoms with Crippen molar-refractivity contribution in [3.63, 3.8) is 0 Å². The molecule has 2 aromatic heterocycles. The van der Waals surface area contributed by atoms with Gasteiger partial charge in [0.05, 0.1) is 11.3 Å². The molecule has 0 fully saturated rings. The van der Waals surface area contributed by atoms with Gasteiger partial charge in [-0.2, -0.15) is 4.31 Å². The second-order valence-electron chi connectivity index (χ2n) is 8.05. The molecule has 0 spiro atoms. The Morgan fingerprint density at radius 3 is 2.46 bits per heavy atom. The fourth-order valence-electron chi connectivity index (χ4n) is 3.78. The fraction of sp³-hybridized carbons (Fsp3) is 0.231. The molecule has 0 aliphatic carbocycles. The van der Waals surface area contributed by atoms with Gasteiger partial charge in [0.1, 0.15) is 12.4 Å². The van der Waals surface area contributed by atoms with Gasteiger partial charge >= 0.3 is 0 Å². The zero-order valence-electron chi connectivity index (χ0n) is 19.4. The zero-order chi connectivity index (χ0) is 24.0. The van der Waals surface area contributed by atoms with Gasteiger partial charge in [0.15, 0.2) is 0 Å². The summed E-state index contributed by atoms with van der Waals surface area (Å²) in [5.41, 5.74) is 2.45. The average molecular weight is 514 g/mol. The number of sulfonamides is 1. The molecule has 2 heterocycles. The quantitative estimate of drug-likeness (QED) is 0.322. The summed E-state index contributed by atoms with van der Waals surface area (Å²) in [5.74, 6) is 0.559. The minimum Gasteiger partial charge on any atom is -0.492 e. The number of rotatable bonds is 10. The van der Waals surface area contributed by atoms with Crippen molar-refractivity contribution < 1.29 is 13.2 Å². The largest absolute Gasteiger partial charge is 0.492 e. The van der Waals surface area contributed by atoms with Gasteiger partial charge in [0.25, 0.3) is 5.56 Å². The minimum absolute atomic E-state index is 0. The van der Waals surface area contributed by atoms with Crippen molar-refractivity contribution in [2.24, 2.45) is 7.05 Å². The first-order valence-corrected chi connectivity index (χ1v) is 12.7. The van der Waals surface area contributed by atoms with E-state index in [1.54, 1.807) is 36.1 Å². The van der Waals surface area contributed by atoms with Gasteiger partial charge in [-0.05, 0) is 47.9 Å². The van der Waals surface area contributed by atoms with Crippen LogP contribution in [0.4, 0.5) is 0 Å². The number of nitrogens with zero attached hydrogens (tertiary/aromatic N) is 3. The van der Waals surface area contributed by atoms with E-state index in [2.05, 4.69) is 4.98 Å². The van der Waals surface area contributed by atoms with E-state index in [9.17, 15) is 13.2 Å². The molecule has 184 valence electrons. The predicted molar refractivity (Wildman–Crippen MR) is 141 cm³/mol. The molecule has 0 bridgehead atoms. The summed E-state index contributed by atoms with van der Waals surface area (Å²) in [4.78, 5) is 15.9. The number of aromatic nitrogens is 2. The van der Waals surface area contributed by atoms with Gasteiger partial charge in [0.2, 0.25) is 10.0 Å². The molecule has 7 nitrogen and oxygen atoms in total. The molecule has 2 aromatic carbocycles. The van der Waals surface area contributed by atoms with Gasteiger partial charge in [-0.1, -0.05) is 36.4 Å². The number of hydrogen-bond acceptors (Lipinski definition) is 5. The van der Waals surface area contributed by atoms with Crippen molar-refractivity contribution in [2.45, 2.75) is 12.2 Å². The first-order valence-electron chi connectivity index (χ1n) is 11.1. The van der Waals surface area contributed by atoms with E-state index >= 15 is 0 Å². The third-order valence-electron chi connectivity index (χ3n) is 5.66. The van der Waals surface area contributed by atoms with Crippen molar-refractivity contribution in [3.8, 4) is 5.75 Å². The number of pyridine rings is 2. The van der Waals surface area contributed by atoms with E-state index in [0.29, 0.717) is 18.7 Å². The summed E-state index contributed by atoms with van der Waals surface area (Å²) in [6, 6.07) is 21.7. The topological polar surface area (TPSA) is 81.5 Å². The van der Waals surface area contributed by atoms with Crippen LogP contribution in [0.1, 0.15) is 11.1 Å². The molecule has 0 saturated heterocycles. The lowest BCUT2D eigenvalue weighted by Gasteiger charge is -2.22. The van der Waals surface area contributed by atoms with Gasteiger partial charge in [-0.25, -0.2) is 8.42 Å². The van der Waals surface area contributed by atoms with Crippen LogP contribution in [0.25, 0.3) is 10.9 Å². The van der Waals surface area contributed by atoms with Crippen LogP contribution >= 0.6 is 12.4 Å². The third-order valence-corrected chi connectivity index (χ3v) is 7.51. The second kappa shape index (κ2) is 12.0. The van der Waals surface area contributed by atoms with Crippen molar-refractivity contribution in [3.05, 3.63) is 107 Å². The van der Waals surface area contributed by atoms with Gasteiger partial charge in [-0.3, -0.25) is 9.78 Å². The molecule has 35 heavy (non-hydrogen) atoms. The number of ether oxygens (including phenoxy) is 1. The number of benzene rings is 2. The van der Waals surface area contributed by atoms with Crippen LogP contribution in [0.5, 0.6) is 5.75 Å². The van der Waals surface area contributed by atoms with Crippen LogP contribution in [0.2, 0.25) is 0 Å². The molecule has 0 atom stereocenters.